The summed E-state index contributed by atoms with van der Waals surface area (Å²) in [6.45, 7) is 4.98. The molecular formula is C23H30N2O. The van der Waals surface area contributed by atoms with Crippen molar-refractivity contribution < 1.29 is 4.79 Å². The number of likely N-dealkylation sites (tertiary alicyclic amines) is 1. The molecule has 0 aromatic heterocycles. The van der Waals surface area contributed by atoms with Crippen molar-refractivity contribution in [3.63, 3.8) is 0 Å². The topological polar surface area (TPSA) is 23.6 Å². The molecule has 0 atom stereocenters. The van der Waals surface area contributed by atoms with Gasteiger partial charge in [0.25, 0.3) is 0 Å². The lowest BCUT2D eigenvalue weighted by Crippen LogP contribution is -2.42. The van der Waals surface area contributed by atoms with Crippen molar-refractivity contribution in [1.29, 1.82) is 0 Å². The zero-order chi connectivity index (χ0) is 18.0. The Hall–Kier alpha value is -2.13. The highest BCUT2D eigenvalue weighted by molar-refractivity contribution is 5.78. The maximum absolute atomic E-state index is 12.9. The molecule has 1 fully saturated rings. The highest BCUT2D eigenvalue weighted by Gasteiger charge is 2.17. The van der Waals surface area contributed by atoms with Crippen LogP contribution in [0.1, 0.15) is 30.4 Å². The Kier molecular flexibility index (Phi) is 7.26. The molecule has 0 aliphatic carbocycles. The Bertz CT molecular complexity index is 650. The summed E-state index contributed by atoms with van der Waals surface area (Å²) in [4.78, 5) is 17.5. The van der Waals surface area contributed by atoms with Crippen molar-refractivity contribution in [3.05, 3.63) is 71.8 Å². The van der Waals surface area contributed by atoms with Gasteiger partial charge in [0, 0.05) is 19.6 Å². The van der Waals surface area contributed by atoms with Crippen molar-refractivity contribution in [2.24, 2.45) is 0 Å². The second-order valence-electron chi connectivity index (χ2n) is 7.18. The standard InChI is InChI=1S/C23H30N2O/c26-23(20-22-12-6-2-7-13-22)25(17-14-21-10-4-1-5-11-21)19-18-24-15-8-3-9-16-24/h1-2,4-7,10-13H,3,8-9,14-20H2. The quantitative estimate of drug-likeness (QED) is 0.723. The molecule has 1 aliphatic rings. The summed E-state index contributed by atoms with van der Waals surface area (Å²) in [6, 6.07) is 20.5. The molecule has 0 saturated carbocycles. The molecule has 1 saturated heterocycles. The van der Waals surface area contributed by atoms with Gasteiger partial charge in [0.1, 0.15) is 0 Å². The van der Waals surface area contributed by atoms with Gasteiger partial charge in [0.2, 0.25) is 5.91 Å². The second-order valence-corrected chi connectivity index (χ2v) is 7.18. The molecule has 2 aromatic rings. The fourth-order valence-corrected chi connectivity index (χ4v) is 3.60. The Labute approximate surface area is 157 Å². The summed E-state index contributed by atoms with van der Waals surface area (Å²) < 4.78 is 0. The lowest BCUT2D eigenvalue weighted by molar-refractivity contribution is -0.130. The van der Waals surface area contributed by atoms with Gasteiger partial charge < -0.3 is 9.80 Å². The summed E-state index contributed by atoms with van der Waals surface area (Å²) >= 11 is 0. The van der Waals surface area contributed by atoms with Crippen LogP contribution in [0.4, 0.5) is 0 Å². The highest BCUT2D eigenvalue weighted by atomic mass is 16.2. The third kappa shape index (κ3) is 5.99. The Balaban J connectivity index is 1.58. The summed E-state index contributed by atoms with van der Waals surface area (Å²) in [7, 11) is 0. The number of nitrogens with zero attached hydrogens (tertiary/aromatic N) is 2. The van der Waals surface area contributed by atoms with E-state index in [9.17, 15) is 4.79 Å². The number of piperidine rings is 1. The van der Waals surface area contributed by atoms with Gasteiger partial charge in [-0.1, -0.05) is 67.1 Å². The first-order valence-corrected chi connectivity index (χ1v) is 9.89. The molecule has 0 radical (unpaired) electrons. The molecule has 1 aliphatic heterocycles. The third-order valence-electron chi connectivity index (χ3n) is 5.20. The van der Waals surface area contributed by atoms with Crippen LogP contribution < -0.4 is 0 Å². The Morgan fingerprint density at radius 3 is 2.08 bits per heavy atom. The number of hydrogen-bond acceptors (Lipinski definition) is 2. The van der Waals surface area contributed by atoms with E-state index in [2.05, 4.69) is 34.1 Å². The number of benzene rings is 2. The number of rotatable bonds is 8. The van der Waals surface area contributed by atoms with Crippen LogP contribution in [0, 0.1) is 0 Å². The first-order valence-electron chi connectivity index (χ1n) is 9.89. The van der Waals surface area contributed by atoms with Gasteiger partial charge in [0.05, 0.1) is 6.42 Å². The normalized spacial score (nSPS) is 14.9. The van der Waals surface area contributed by atoms with E-state index in [1.807, 2.05) is 36.4 Å². The first-order chi connectivity index (χ1) is 12.8. The van der Waals surface area contributed by atoms with E-state index in [0.717, 1.165) is 31.6 Å². The minimum atomic E-state index is 0.240. The predicted octanol–water partition coefficient (Wildman–Crippen LogP) is 3.79. The van der Waals surface area contributed by atoms with Crippen molar-refractivity contribution in [2.45, 2.75) is 32.1 Å². The van der Waals surface area contributed by atoms with Crippen molar-refractivity contribution >= 4 is 5.91 Å². The van der Waals surface area contributed by atoms with Gasteiger partial charge in [-0.15, -0.1) is 0 Å². The zero-order valence-corrected chi connectivity index (χ0v) is 15.6. The van der Waals surface area contributed by atoms with Gasteiger partial charge in [-0.05, 0) is 43.5 Å². The zero-order valence-electron chi connectivity index (χ0n) is 15.6. The largest absolute Gasteiger partial charge is 0.341 e. The van der Waals surface area contributed by atoms with Crippen LogP contribution in [0.2, 0.25) is 0 Å². The molecular weight excluding hydrogens is 320 g/mol. The van der Waals surface area contributed by atoms with E-state index in [-0.39, 0.29) is 5.91 Å². The Morgan fingerprint density at radius 1 is 0.808 bits per heavy atom. The van der Waals surface area contributed by atoms with Gasteiger partial charge in [0.15, 0.2) is 0 Å². The van der Waals surface area contributed by atoms with Gasteiger partial charge >= 0.3 is 0 Å². The number of hydrogen-bond donors (Lipinski definition) is 0. The summed E-state index contributed by atoms with van der Waals surface area (Å²) in [5.74, 6) is 0.240. The molecule has 0 spiro atoms. The van der Waals surface area contributed by atoms with E-state index in [0.29, 0.717) is 6.42 Å². The average Bonchev–Trinajstić information content (AvgIpc) is 2.70. The molecule has 2 aromatic carbocycles. The van der Waals surface area contributed by atoms with Gasteiger partial charge in [-0.3, -0.25) is 4.79 Å². The fourth-order valence-electron chi connectivity index (χ4n) is 3.60. The van der Waals surface area contributed by atoms with Crippen molar-refractivity contribution in [2.75, 3.05) is 32.7 Å². The van der Waals surface area contributed by atoms with Crippen LogP contribution in [-0.2, 0) is 17.6 Å². The third-order valence-corrected chi connectivity index (χ3v) is 5.20. The SMILES string of the molecule is O=C(Cc1ccccc1)N(CCc1ccccc1)CCN1CCCCC1. The van der Waals surface area contributed by atoms with E-state index in [1.165, 1.54) is 37.9 Å². The van der Waals surface area contributed by atoms with Crippen LogP contribution >= 0.6 is 0 Å². The lowest BCUT2D eigenvalue weighted by atomic mass is 10.1. The molecule has 0 N–H and O–H groups in total. The molecule has 3 nitrogen and oxygen atoms in total. The fraction of sp³-hybridized carbons (Fsp3) is 0.435. The second kappa shape index (κ2) is 10.1. The lowest BCUT2D eigenvalue weighted by Gasteiger charge is -2.30. The monoisotopic (exact) mass is 350 g/mol. The van der Waals surface area contributed by atoms with E-state index in [1.54, 1.807) is 0 Å². The maximum atomic E-state index is 12.9. The summed E-state index contributed by atoms with van der Waals surface area (Å²) in [5, 5.41) is 0. The molecule has 0 bridgehead atoms. The highest BCUT2D eigenvalue weighted by Crippen LogP contribution is 2.10. The maximum Gasteiger partial charge on any atom is 0.227 e. The van der Waals surface area contributed by atoms with Crippen molar-refractivity contribution in [3.8, 4) is 0 Å². The minimum Gasteiger partial charge on any atom is -0.341 e. The minimum absolute atomic E-state index is 0.240. The van der Waals surface area contributed by atoms with Crippen molar-refractivity contribution in [1.82, 2.24) is 9.80 Å². The predicted molar refractivity (Wildman–Crippen MR) is 107 cm³/mol. The molecule has 0 unspecified atom stereocenters. The van der Waals surface area contributed by atoms with Gasteiger partial charge in [-0.2, -0.15) is 0 Å². The average molecular weight is 351 g/mol. The molecule has 1 heterocycles. The summed E-state index contributed by atoms with van der Waals surface area (Å²) in [5.41, 5.74) is 2.39. The Morgan fingerprint density at radius 2 is 1.42 bits per heavy atom. The number of amides is 1. The molecule has 3 rings (SSSR count). The van der Waals surface area contributed by atoms with Crippen LogP contribution in [0.15, 0.2) is 60.7 Å². The molecule has 26 heavy (non-hydrogen) atoms. The number of carbonyl (C=O) groups excluding carboxylic acids is 1. The molecule has 138 valence electrons. The van der Waals surface area contributed by atoms with E-state index in [4.69, 9.17) is 0 Å². The smallest absolute Gasteiger partial charge is 0.227 e. The van der Waals surface area contributed by atoms with Gasteiger partial charge in [-0.25, -0.2) is 0 Å². The van der Waals surface area contributed by atoms with E-state index >= 15 is 0 Å². The van der Waals surface area contributed by atoms with Crippen LogP contribution in [0.3, 0.4) is 0 Å². The van der Waals surface area contributed by atoms with Crippen LogP contribution in [0.25, 0.3) is 0 Å². The number of carbonyl (C=O) groups is 1. The van der Waals surface area contributed by atoms with Crippen LogP contribution in [0.5, 0.6) is 0 Å². The molecule has 1 amide bonds. The molecule has 3 heteroatoms. The summed E-state index contributed by atoms with van der Waals surface area (Å²) in [6.07, 6.45) is 5.35. The van der Waals surface area contributed by atoms with Crippen LogP contribution in [-0.4, -0.2) is 48.4 Å². The van der Waals surface area contributed by atoms with E-state index < -0.39 is 0 Å². The first kappa shape index (κ1) is 18.7.